The molecule has 0 atom stereocenters. The predicted molar refractivity (Wildman–Crippen MR) is 110 cm³/mol. The Morgan fingerprint density at radius 1 is 0.522 bits per heavy atom. The van der Waals surface area contributed by atoms with Crippen LogP contribution in [0.5, 0.6) is 0 Å². The molecule has 0 bridgehead atoms. The highest BCUT2D eigenvalue weighted by Crippen LogP contribution is 2.38. The monoisotopic (exact) mass is 484 g/mol. The van der Waals surface area contributed by atoms with Crippen LogP contribution in [0.2, 0.25) is 53.3 Å². The van der Waals surface area contributed by atoms with Crippen LogP contribution >= 0.6 is 92.8 Å². The second-order valence-electron chi connectivity index (χ2n) is 5.32. The number of rotatable bonds is 2. The van der Waals surface area contributed by atoms with Crippen molar-refractivity contribution in [3.8, 4) is 0 Å². The molecule has 0 aliphatic rings. The van der Waals surface area contributed by atoms with E-state index in [0.29, 0.717) is 20.1 Å². The molecule has 0 saturated carbocycles. The molecule has 2 aromatic carbocycles. The van der Waals surface area contributed by atoms with Gasteiger partial charge in [0, 0.05) is 0 Å². The Bertz CT molecular complexity index is 735. The summed E-state index contributed by atoms with van der Waals surface area (Å²) in [7, 11) is -2.44. The Morgan fingerprint density at radius 3 is 1.13 bits per heavy atom. The molecule has 0 saturated heterocycles. The molecule has 0 unspecified atom stereocenters. The zero-order chi connectivity index (χ0) is 17.7. The molecule has 0 heterocycles. The molecular formula is C14H8Cl8Si. The first-order valence-electron chi connectivity index (χ1n) is 6.17. The van der Waals surface area contributed by atoms with Gasteiger partial charge in [-0.15, -0.1) is 0 Å². The minimum absolute atomic E-state index is 0.207. The van der Waals surface area contributed by atoms with Gasteiger partial charge in [-0.2, -0.15) is 0 Å². The van der Waals surface area contributed by atoms with E-state index in [0.717, 1.165) is 10.4 Å². The van der Waals surface area contributed by atoms with E-state index in [1.165, 1.54) is 0 Å². The summed E-state index contributed by atoms with van der Waals surface area (Å²) < 4.78 is 0. The van der Waals surface area contributed by atoms with Crippen LogP contribution in [0.3, 0.4) is 0 Å². The molecule has 0 amide bonds. The van der Waals surface area contributed by atoms with Gasteiger partial charge in [0.15, 0.2) is 0 Å². The fraction of sp³-hybridized carbons (Fsp3) is 0.143. The Kier molecular flexibility index (Phi) is 6.44. The van der Waals surface area contributed by atoms with Crippen molar-refractivity contribution in [3.63, 3.8) is 0 Å². The summed E-state index contributed by atoms with van der Waals surface area (Å²) >= 11 is 49.5. The molecular weight excluding hydrogens is 480 g/mol. The fourth-order valence-corrected chi connectivity index (χ4v) is 8.21. The van der Waals surface area contributed by atoms with Crippen LogP contribution in [0.25, 0.3) is 0 Å². The lowest BCUT2D eigenvalue weighted by Crippen LogP contribution is -2.54. The molecule has 0 nitrogen and oxygen atoms in total. The lowest BCUT2D eigenvalue weighted by Gasteiger charge is -2.28. The molecule has 0 aromatic heterocycles. The normalized spacial score (nSPS) is 11.9. The first-order chi connectivity index (χ1) is 10.5. The summed E-state index contributed by atoms with van der Waals surface area (Å²) in [6, 6.07) is 3.41. The molecule has 124 valence electrons. The van der Waals surface area contributed by atoms with Crippen LogP contribution in [0.1, 0.15) is 0 Å². The molecule has 0 aliphatic heterocycles. The van der Waals surface area contributed by atoms with E-state index in [4.69, 9.17) is 92.8 Å². The van der Waals surface area contributed by atoms with E-state index in [1.54, 1.807) is 12.1 Å². The topological polar surface area (TPSA) is 0 Å². The molecule has 0 N–H and O–H groups in total. The third kappa shape index (κ3) is 3.60. The van der Waals surface area contributed by atoms with E-state index in [-0.39, 0.29) is 20.1 Å². The number of hydrogen-bond acceptors (Lipinski definition) is 0. The maximum atomic E-state index is 6.39. The van der Waals surface area contributed by atoms with Crippen molar-refractivity contribution >= 4 is 111 Å². The van der Waals surface area contributed by atoms with Gasteiger partial charge in [0.05, 0.1) is 40.2 Å². The standard InChI is InChI=1S/C14H8Cl8Si/c1-23(2,7-3-5(15)9(17)13(21)11(7)19)8-4-6(16)10(18)14(22)12(8)20/h3-4H,1-2H3. The number of halogens is 8. The van der Waals surface area contributed by atoms with Gasteiger partial charge in [0.25, 0.3) is 0 Å². The summed E-state index contributed by atoms with van der Waals surface area (Å²) in [6.07, 6.45) is 0. The van der Waals surface area contributed by atoms with E-state index in [1.807, 2.05) is 13.1 Å². The third-order valence-corrected chi connectivity index (χ3v) is 10.9. The third-order valence-electron chi connectivity index (χ3n) is 3.55. The van der Waals surface area contributed by atoms with Crippen molar-refractivity contribution in [3.05, 3.63) is 52.3 Å². The fourth-order valence-electron chi connectivity index (χ4n) is 2.20. The van der Waals surface area contributed by atoms with Crippen LogP contribution < -0.4 is 10.4 Å². The van der Waals surface area contributed by atoms with Crippen LogP contribution in [0.15, 0.2) is 12.1 Å². The maximum Gasteiger partial charge on any atom is 0.116 e. The number of benzene rings is 2. The second kappa shape index (κ2) is 7.30. The van der Waals surface area contributed by atoms with Crippen molar-refractivity contribution in [1.29, 1.82) is 0 Å². The van der Waals surface area contributed by atoms with Gasteiger partial charge < -0.3 is 0 Å². The number of hydrogen-bond donors (Lipinski definition) is 0. The van der Waals surface area contributed by atoms with Crippen LogP contribution in [0, 0.1) is 0 Å². The van der Waals surface area contributed by atoms with Gasteiger partial charge in [-0.3, -0.25) is 0 Å². The van der Waals surface area contributed by atoms with Crippen molar-refractivity contribution in [2.24, 2.45) is 0 Å². The summed E-state index contributed by atoms with van der Waals surface area (Å²) in [5.74, 6) is 0. The quantitative estimate of drug-likeness (QED) is 0.231. The lowest BCUT2D eigenvalue weighted by atomic mass is 10.3. The molecule has 0 radical (unpaired) electrons. The molecule has 9 heteroatoms. The lowest BCUT2D eigenvalue weighted by molar-refractivity contribution is 1.66. The van der Waals surface area contributed by atoms with Gasteiger partial charge in [-0.05, 0) is 22.5 Å². The van der Waals surface area contributed by atoms with Crippen molar-refractivity contribution in [2.75, 3.05) is 0 Å². The molecule has 23 heavy (non-hydrogen) atoms. The summed E-state index contributed by atoms with van der Waals surface area (Å²) in [4.78, 5) is 0. The van der Waals surface area contributed by atoms with E-state index < -0.39 is 8.07 Å². The average Bonchev–Trinajstić information content (AvgIpc) is 2.49. The van der Waals surface area contributed by atoms with E-state index in [2.05, 4.69) is 0 Å². The predicted octanol–water partition coefficient (Wildman–Crippen LogP) is 7.74. The molecule has 0 spiro atoms. The van der Waals surface area contributed by atoms with Crippen molar-refractivity contribution in [1.82, 2.24) is 0 Å². The Morgan fingerprint density at radius 2 is 0.826 bits per heavy atom. The summed E-state index contributed by atoms with van der Waals surface area (Å²) in [6.45, 7) is 4.05. The van der Waals surface area contributed by atoms with Gasteiger partial charge in [-0.25, -0.2) is 0 Å². The summed E-state index contributed by atoms with van der Waals surface area (Å²) in [5.41, 5.74) is 0. The summed E-state index contributed by atoms with van der Waals surface area (Å²) in [5, 5.41) is 3.71. The zero-order valence-corrected chi connectivity index (χ0v) is 18.7. The first kappa shape index (κ1) is 20.3. The van der Waals surface area contributed by atoms with Gasteiger partial charge >= 0.3 is 0 Å². The minimum atomic E-state index is -2.44. The first-order valence-corrected chi connectivity index (χ1v) is 12.2. The van der Waals surface area contributed by atoms with Gasteiger partial charge in [-0.1, -0.05) is 106 Å². The van der Waals surface area contributed by atoms with Crippen LogP contribution in [-0.2, 0) is 0 Å². The average molecular weight is 488 g/mol. The van der Waals surface area contributed by atoms with Crippen LogP contribution in [-0.4, -0.2) is 8.07 Å². The Labute approximate surface area is 175 Å². The van der Waals surface area contributed by atoms with Crippen LogP contribution in [0.4, 0.5) is 0 Å². The maximum absolute atomic E-state index is 6.39. The second-order valence-corrected chi connectivity index (χ2v) is 12.7. The molecule has 2 rings (SSSR count). The highest BCUT2D eigenvalue weighted by molar-refractivity contribution is 7.03. The molecule has 0 aliphatic carbocycles. The van der Waals surface area contributed by atoms with Crippen molar-refractivity contribution in [2.45, 2.75) is 13.1 Å². The smallest absolute Gasteiger partial charge is 0.0828 e. The zero-order valence-electron chi connectivity index (χ0n) is 11.7. The van der Waals surface area contributed by atoms with Gasteiger partial charge in [0.1, 0.15) is 8.07 Å². The molecule has 2 aromatic rings. The highest BCUT2D eigenvalue weighted by Gasteiger charge is 2.34. The van der Waals surface area contributed by atoms with E-state index in [9.17, 15) is 0 Å². The Hall–Kier alpha value is 0.977. The molecule has 0 fully saturated rings. The SMILES string of the molecule is C[Si](C)(c1cc(Cl)c(Cl)c(Cl)c1Cl)c1cc(Cl)c(Cl)c(Cl)c1Cl. The Balaban J connectivity index is 2.79. The minimum Gasteiger partial charge on any atom is -0.0828 e. The van der Waals surface area contributed by atoms with E-state index >= 15 is 0 Å². The van der Waals surface area contributed by atoms with Crippen molar-refractivity contribution < 1.29 is 0 Å². The highest BCUT2D eigenvalue weighted by atomic mass is 35.5. The van der Waals surface area contributed by atoms with Gasteiger partial charge in [0.2, 0.25) is 0 Å². The largest absolute Gasteiger partial charge is 0.116 e.